The largest absolute Gasteiger partial charge is 0.444 e. The maximum absolute atomic E-state index is 13.0. The molecule has 0 spiro atoms. The molecule has 1 aliphatic rings. The van der Waals surface area contributed by atoms with Crippen LogP contribution in [0.3, 0.4) is 0 Å². The van der Waals surface area contributed by atoms with E-state index in [2.05, 4.69) is 26.6 Å². The number of nitrogens with one attached hydrogen (secondary N) is 2. The van der Waals surface area contributed by atoms with Gasteiger partial charge in [-0.2, -0.15) is 0 Å². The molecule has 1 aliphatic carbocycles. The van der Waals surface area contributed by atoms with Crippen LogP contribution < -0.4 is 10.6 Å². The fraction of sp³-hybridized carbons (Fsp3) is 0.533. The summed E-state index contributed by atoms with van der Waals surface area (Å²) in [6.45, 7) is 5.51. The van der Waals surface area contributed by atoms with E-state index in [1.165, 1.54) is 12.1 Å². The second-order valence-corrected chi connectivity index (χ2v) is 7.13. The number of halogens is 2. The van der Waals surface area contributed by atoms with Gasteiger partial charge in [0.05, 0.1) is 0 Å². The highest BCUT2D eigenvalue weighted by Gasteiger charge is 2.31. The maximum Gasteiger partial charge on any atom is 0.407 e. The molecule has 0 bridgehead atoms. The van der Waals surface area contributed by atoms with Crippen LogP contribution in [0.15, 0.2) is 22.7 Å². The van der Waals surface area contributed by atoms with E-state index in [-0.39, 0.29) is 24.0 Å². The van der Waals surface area contributed by atoms with Crippen LogP contribution in [0.1, 0.15) is 33.6 Å². The molecule has 0 radical (unpaired) electrons. The molecule has 1 saturated carbocycles. The number of anilines is 1. The normalized spacial score (nSPS) is 21.4. The molecule has 0 atom stereocenters. The van der Waals surface area contributed by atoms with Crippen LogP contribution in [0.25, 0.3) is 0 Å². The van der Waals surface area contributed by atoms with E-state index in [1.54, 1.807) is 6.07 Å². The predicted octanol–water partition coefficient (Wildman–Crippen LogP) is 4.06. The molecule has 1 fully saturated rings. The SMILES string of the molecule is CC(C)(C)OC(=O)NC1CC(Nc2ccc(F)cc2Br)C1. The molecular formula is C15H20BrFN2O2. The minimum absolute atomic E-state index is 0.122. The Morgan fingerprint density at radius 3 is 2.57 bits per heavy atom. The molecule has 0 heterocycles. The Balaban J connectivity index is 1.75. The summed E-state index contributed by atoms with van der Waals surface area (Å²) in [6, 6.07) is 4.94. The molecule has 2 rings (SSSR count). The topological polar surface area (TPSA) is 50.4 Å². The molecule has 1 amide bonds. The summed E-state index contributed by atoms with van der Waals surface area (Å²) in [4.78, 5) is 11.6. The molecule has 21 heavy (non-hydrogen) atoms. The third-order valence-electron chi connectivity index (χ3n) is 3.15. The van der Waals surface area contributed by atoms with Crippen LogP contribution in [0.4, 0.5) is 14.9 Å². The number of rotatable bonds is 3. The van der Waals surface area contributed by atoms with E-state index in [0.29, 0.717) is 4.47 Å². The van der Waals surface area contributed by atoms with Crippen LogP contribution in [0, 0.1) is 5.82 Å². The molecule has 1 aromatic carbocycles. The lowest BCUT2D eigenvalue weighted by molar-refractivity contribution is 0.0475. The average molecular weight is 359 g/mol. The minimum atomic E-state index is -0.482. The first-order valence-corrected chi connectivity index (χ1v) is 7.73. The molecule has 1 aromatic rings. The lowest BCUT2D eigenvalue weighted by Gasteiger charge is -2.37. The van der Waals surface area contributed by atoms with Crippen LogP contribution in [0.2, 0.25) is 0 Å². The molecule has 0 aromatic heterocycles. The van der Waals surface area contributed by atoms with Crippen molar-refractivity contribution in [3.8, 4) is 0 Å². The van der Waals surface area contributed by atoms with Crippen molar-refractivity contribution in [3.63, 3.8) is 0 Å². The van der Waals surface area contributed by atoms with E-state index in [0.717, 1.165) is 18.5 Å². The fourth-order valence-electron chi connectivity index (χ4n) is 2.15. The van der Waals surface area contributed by atoms with E-state index >= 15 is 0 Å². The number of ether oxygens (including phenoxy) is 1. The van der Waals surface area contributed by atoms with E-state index in [1.807, 2.05) is 20.8 Å². The van der Waals surface area contributed by atoms with Gasteiger partial charge in [-0.25, -0.2) is 9.18 Å². The van der Waals surface area contributed by atoms with Gasteiger partial charge < -0.3 is 15.4 Å². The summed E-state index contributed by atoms with van der Waals surface area (Å²) in [7, 11) is 0. The monoisotopic (exact) mass is 358 g/mol. The van der Waals surface area contributed by atoms with Crippen molar-refractivity contribution in [1.29, 1.82) is 0 Å². The van der Waals surface area contributed by atoms with Gasteiger partial charge in [-0.15, -0.1) is 0 Å². The third kappa shape index (κ3) is 4.88. The van der Waals surface area contributed by atoms with Crippen molar-refractivity contribution in [2.24, 2.45) is 0 Å². The highest BCUT2D eigenvalue weighted by Crippen LogP contribution is 2.29. The Morgan fingerprint density at radius 2 is 2.00 bits per heavy atom. The van der Waals surface area contributed by atoms with Crippen LogP contribution in [-0.2, 0) is 4.74 Å². The number of benzene rings is 1. The second-order valence-electron chi connectivity index (χ2n) is 6.28. The van der Waals surface area contributed by atoms with Gasteiger partial charge in [0, 0.05) is 22.2 Å². The van der Waals surface area contributed by atoms with Crippen LogP contribution in [0.5, 0.6) is 0 Å². The highest BCUT2D eigenvalue weighted by molar-refractivity contribution is 9.10. The Labute approximate surface area is 132 Å². The Morgan fingerprint density at radius 1 is 1.33 bits per heavy atom. The van der Waals surface area contributed by atoms with Gasteiger partial charge in [-0.05, 0) is 67.7 Å². The van der Waals surface area contributed by atoms with Crippen molar-refractivity contribution in [2.75, 3.05) is 5.32 Å². The van der Waals surface area contributed by atoms with Crippen molar-refractivity contribution < 1.29 is 13.9 Å². The zero-order chi connectivity index (χ0) is 15.6. The Hall–Kier alpha value is -1.30. The van der Waals surface area contributed by atoms with Crippen molar-refractivity contribution in [3.05, 3.63) is 28.5 Å². The first-order valence-electron chi connectivity index (χ1n) is 6.94. The summed E-state index contributed by atoms with van der Waals surface area (Å²) in [5.74, 6) is -0.273. The fourth-order valence-corrected chi connectivity index (χ4v) is 2.62. The van der Waals surface area contributed by atoms with E-state index < -0.39 is 5.60 Å². The average Bonchev–Trinajstić information content (AvgIpc) is 2.26. The van der Waals surface area contributed by atoms with Crippen LogP contribution >= 0.6 is 15.9 Å². The lowest BCUT2D eigenvalue weighted by atomic mass is 9.86. The zero-order valence-electron chi connectivity index (χ0n) is 12.4. The minimum Gasteiger partial charge on any atom is -0.444 e. The van der Waals surface area contributed by atoms with Gasteiger partial charge in [0.1, 0.15) is 11.4 Å². The van der Waals surface area contributed by atoms with Gasteiger partial charge >= 0.3 is 6.09 Å². The summed E-state index contributed by atoms with van der Waals surface area (Å²) in [5.41, 5.74) is 0.377. The Kier molecular flexibility index (Phi) is 4.76. The highest BCUT2D eigenvalue weighted by atomic mass is 79.9. The van der Waals surface area contributed by atoms with Gasteiger partial charge in [-0.3, -0.25) is 0 Å². The number of carbonyl (C=O) groups is 1. The van der Waals surface area contributed by atoms with Crippen molar-refractivity contribution in [1.82, 2.24) is 5.32 Å². The van der Waals surface area contributed by atoms with Gasteiger partial charge in [0.2, 0.25) is 0 Å². The summed E-state index contributed by atoms with van der Waals surface area (Å²) in [6.07, 6.45) is 1.26. The number of hydrogen-bond donors (Lipinski definition) is 2. The van der Waals surface area contributed by atoms with Gasteiger partial charge in [0.15, 0.2) is 0 Å². The molecule has 116 valence electrons. The summed E-state index contributed by atoms with van der Waals surface area (Å²) >= 11 is 3.33. The number of alkyl carbamates (subject to hydrolysis) is 1. The molecular weight excluding hydrogens is 339 g/mol. The third-order valence-corrected chi connectivity index (χ3v) is 3.81. The molecule has 6 heteroatoms. The molecule has 0 aliphatic heterocycles. The van der Waals surface area contributed by atoms with Crippen LogP contribution in [-0.4, -0.2) is 23.8 Å². The van der Waals surface area contributed by atoms with Crippen molar-refractivity contribution >= 4 is 27.7 Å². The molecule has 0 saturated heterocycles. The predicted molar refractivity (Wildman–Crippen MR) is 83.9 cm³/mol. The lowest BCUT2D eigenvalue weighted by Crippen LogP contribution is -2.50. The zero-order valence-corrected chi connectivity index (χ0v) is 14.0. The smallest absolute Gasteiger partial charge is 0.407 e. The second kappa shape index (κ2) is 6.22. The quantitative estimate of drug-likeness (QED) is 0.856. The van der Waals surface area contributed by atoms with E-state index in [4.69, 9.17) is 4.74 Å². The number of hydrogen-bond acceptors (Lipinski definition) is 3. The standard InChI is InChI=1S/C15H20BrFN2O2/c1-15(2,3)21-14(20)19-11-7-10(8-11)18-13-5-4-9(17)6-12(13)16/h4-6,10-11,18H,7-8H2,1-3H3,(H,19,20). The van der Waals surface area contributed by atoms with Gasteiger partial charge in [0.25, 0.3) is 0 Å². The van der Waals surface area contributed by atoms with Crippen molar-refractivity contribution in [2.45, 2.75) is 51.3 Å². The summed E-state index contributed by atoms with van der Waals surface area (Å²) < 4.78 is 18.9. The number of carbonyl (C=O) groups excluding carboxylic acids is 1. The number of amides is 1. The maximum atomic E-state index is 13.0. The first-order chi connectivity index (χ1) is 9.73. The molecule has 2 N–H and O–H groups in total. The molecule has 4 nitrogen and oxygen atoms in total. The first kappa shape index (κ1) is 16.1. The molecule has 0 unspecified atom stereocenters. The van der Waals surface area contributed by atoms with Gasteiger partial charge in [-0.1, -0.05) is 0 Å². The Bertz CT molecular complexity index is 525. The summed E-state index contributed by atoms with van der Waals surface area (Å²) in [5, 5.41) is 6.16. The van der Waals surface area contributed by atoms with E-state index in [9.17, 15) is 9.18 Å².